The highest BCUT2D eigenvalue weighted by Gasteiger charge is 2.30. The Bertz CT molecular complexity index is 388. The zero-order valence-electron chi connectivity index (χ0n) is 12.6. The van der Waals surface area contributed by atoms with Gasteiger partial charge in [-0.25, -0.2) is 0 Å². The van der Waals surface area contributed by atoms with Crippen molar-refractivity contribution in [1.29, 1.82) is 0 Å². The quantitative estimate of drug-likeness (QED) is 0.863. The van der Waals surface area contributed by atoms with E-state index in [-0.39, 0.29) is 0 Å². The summed E-state index contributed by atoms with van der Waals surface area (Å²) in [7, 11) is 4.40. The highest BCUT2D eigenvalue weighted by Crippen LogP contribution is 2.24. The number of thiophene rings is 1. The van der Waals surface area contributed by atoms with Gasteiger partial charge in [-0.15, -0.1) is 11.3 Å². The molecule has 1 saturated heterocycles. The molecule has 0 saturated carbocycles. The zero-order valence-corrected chi connectivity index (χ0v) is 13.5. The summed E-state index contributed by atoms with van der Waals surface area (Å²) < 4.78 is 0. The number of nitrogens with one attached hydrogen (secondary N) is 1. The van der Waals surface area contributed by atoms with Gasteiger partial charge in [-0.1, -0.05) is 13.8 Å². The van der Waals surface area contributed by atoms with E-state index in [1.165, 1.54) is 22.8 Å². The van der Waals surface area contributed by atoms with E-state index >= 15 is 0 Å². The Morgan fingerprint density at radius 3 is 2.68 bits per heavy atom. The Hall–Kier alpha value is -0.420. The average Bonchev–Trinajstić information content (AvgIpc) is 2.94. The molecule has 2 heterocycles. The van der Waals surface area contributed by atoms with E-state index in [1.54, 1.807) is 0 Å². The van der Waals surface area contributed by atoms with E-state index in [0.717, 1.165) is 25.6 Å². The van der Waals surface area contributed by atoms with Crippen molar-refractivity contribution in [2.45, 2.75) is 33.0 Å². The maximum absolute atomic E-state index is 3.39. The van der Waals surface area contributed by atoms with E-state index < -0.39 is 0 Å². The summed E-state index contributed by atoms with van der Waals surface area (Å²) in [4.78, 5) is 7.92. The molecule has 2 rings (SSSR count). The van der Waals surface area contributed by atoms with Crippen molar-refractivity contribution in [2.75, 3.05) is 33.7 Å². The van der Waals surface area contributed by atoms with E-state index in [1.807, 2.05) is 11.3 Å². The molecule has 1 aromatic heterocycles. The molecule has 0 spiro atoms. The third-order valence-corrected chi connectivity index (χ3v) is 5.03. The third-order valence-electron chi connectivity index (χ3n) is 3.96. The van der Waals surface area contributed by atoms with Crippen molar-refractivity contribution < 1.29 is 0 Å². The molecule has 2 atom stereocenters. The highest BCUT2D eigenvalue weighted by atomic mass is 32.1. The van der Waals surface area contributed by atoms with Crippen LogP contribution in [0.2, 0.25) is 0 Å². The molecule has 1 aromatic rings. The van der Waals surface area contributed by atoms with Gasteiger partial charge in [0.25, 0.3) is 0 Å². The van der Waals surface area contributed by atoms with Gasteiger partial charge in [0.15, 0.2) is 0 Å². The number of rotatable bonds is 6. The van der Waals surface area contributed by atoms with Gasteiger partial charge in [-0.2, -0.15) is 0 Å². The van der Waals surface area contributed by atoms with Crippen molar-refractivity contribution in [3.8, 4) is 0 Å². The van der Waals surface area contributed by atoms with Crippen LogP contribution in [-0.2, 0) is 13.1 Å². The topological polar surface area (TPSA) is 18.5 Å². The molecular formula is C15H27N3S. The van der Waals surface area contributed by atoms with Gasteiger partial charge in [-0.05, 0) is 38.7 Å². The van der Waals surface area contributed by atoms with Gasteiger partial charge >= 0.3 is 0 Å². The van der Waals surface area contributed by atoms with Crippen LogP contribution in [0.4, 0.5) is 0 Å². The monoisotopic (exact) mass is 281 g/mol. The minimum absolute atomic E-state index is 0.709. The summed E-state index contributed by atoms with van der Waals surface area (Å²) in [6.45, 7) is 10.1. The first-order chi connectivity index (χ1) is 9.10. The van der Waals surface area contributed by atoms with Crippen LogP contribution in [0.25, 0.3) is 0 Å². The van der Waals surface area contributed by atoms with Crippen LogP contribution < -0.4 is 5.32 Å². The molecule has 3 nitrogen and oxygen atoms in total. The Kier molecular flexibility index (Phi) is 5.39. The molecule has 0 amide bonds. The van der Waals surface area contributed by atoms with Crippen molar-refractivity contribution in [1.82, 2.24) is 15.1 Å². The first-order valence-corrected chi connectivity index (χ1v) is 8.09. The lowest BCUT2D eigenvalue weighted by molar-refractivity contribution is 0.251. The van der Waals surface area contributed by atoms with Gasteiger partial charge in [0.05, 0.1) is 0 Å². The molecule has 0 radical (unpaired) electrons. The van der Waals surface area contributed by atoms with Gasteiger partial charge in [-0.3, -0.25) is 4.90 Å². The summed E-state index contributed by atoms with van der Waals surface area (Å²) in [5.41, 5.74) is 0. The summed E-state index contributed by atoms with van der Waals surface area (Å²) in [6.07, 6.45) is 0. The Balaban J connectivity index is 1.86. The first kappa shape index (κ1) is 15.0. The van der Waals surface area contributed by atoms with Gasteiger partial charge in [0.1, 0.15) is 0 Å². The lowest BCUT2D eigenvalue weighted by Crippen LogP contribution is -2.34. The average molecular weight is 281 g/mol. The molecule has 1 aliphatic heterocycles. The molecule has 0 aliphatic carbocycles. The maximum atomic E-state index is 3.39. The van der Waals surface area contributed by atoms with E-state index in [0.29, 0.717) is 6.04 Å². The van der Waals surface area contributed by atoms with Crippen LogP contribution in [-0.4, -0.2) is 49.6 Å². The van der Waals surface area contributed by atoms with E-state index in [9.17, 15) is 0 Å². The Labute approximate surface area is 121 Å². The predicted molar refractivity (Wildman–Crippen MR) is 83.6 cm³/mol. The second-order valence-electron chi connectivity index (χ2n) is 5.85. The summed E-state index contributed by atoms with van der Waals surface area (Å²) in [5.74, 6) is 0.774. The first-order valence-electron chi connectivity index (χ1n) is 7.27. The molecule has 0 aromatic carbocycles. The standard InChI is InChI=1S/C15H27N3S/c1-5-16-8-13-6-7-14(19-13)10-18-9-12(2)15(11-18)17(3)4/h6-7,12,15-16H,5,8-11H2,1-4H3. The summed E-state index contributed by atoms with van der Waals surface area (Å²) in [5, 5.41) is 3.39. The van der Waals surface area contributed by atoms with Crippen molar-refractivity contribution >= 4 is 11.3 Å². The zero-order chi connectivity index (χ0) is 13.8. The SMILES string of the molecule is CCNCc1ccc(CN2CC(C)C(N(C)C)C2)s1. The predicted octanol–water partition coefficient (Wildman–Crippen LogP) is 2.24. The molecule has 19 heavy (non-hydrogen) atoms. The molecule has 108 valence electrons. The molecule has 0 bridgehead atoms. The van der Waals surface area contributed by atoms with Crippen molar-refractivity contribution in [3.63, 3.8) is 0 Å². The van der Waals surface area contributed by atoms with Crippen molar-refractivity contribution in [3.05, 3.63) is 21.9 Å². The number of nitrogens with zero attached hydrogens (tertiary/aromatic N) is 2. The van der Waals surface area contributed by atoms with Gasteiger partial charge in [0, 0.05) is 42.0 Å². The summed E-state index contributed by atoms with van der Waals surface area (Å²) >= 11 is 1.95. The van der Waals surface area contributed by atoms with E-state index in [4.69, 9.17) is 0 Å². The van der Waals surface area contributed by atoms with Crippen LogP contribution in [0.3, 0.4) is 0 Å². The molecule has 2 unspecified atom stereocenters. The molecular weight excluding hydrogens is 254 g/mol. The molecule has 4 heteroatoms. The fourth-order valence-corrected chi connectivity index (χ4v) is 3.95. The number of likely N-dealkylation sites (tertiary alicyclic amines) is 1. The largest absolute Gasteiger partial charge is 0.312 e. The maximum Gasteiger partial charge on any atom is 0.0328 e. The van der Waals surface area contributed by atoms with Crippen LogP contribution in [0.15, 0.2) is 12.1 Å². The fourth-order valence-electron chi connectivity index (χ4n) is 2.92. The van der Waals surface area contributed by atoms with Crippen LogP contribution in [0.5, 0.6) is 0 Å². The summed E-state index contributed by atoms with van der Waals surface area (Å²) in [6, 6.07) is 5.28. The normalized spacial score (nSPS) is 24.5. The number of hydrogen-bond acceptors (Lipinski definition) is 4. The lowest BCUT2D eigenvalue weighted by Gasteiger charge is -2.22. The van der Waals surface area contributed by atoms with Crippen molar-refractivity contribution in [2.24, 2.45) is 5.92 Å². The highest BCUT2D eigenvalue weighted by molar-refractivity contribution is 7.11. The van der Waals surface area contributed by atoms with E-state index in [2.05, 4.69) is 55.2 Å². The molecule has 1 fully saturated rings. The minimum atomic E-state index is 0.709. The molecule has 1 N–H and O–H groups in total. The van der Waals surface area contributed by atoms with Crippen LogP contribution in [0, 0.1) is 5.92 Å². The fraction of sp³-hybridized carbons (Fsp3) is 0.733. The van der Waals surface area contributed by atoms with Crippen LogP contribution >= 0.6 is 11.3 Å². The Morgan fingerprint density at radius 2 is 2.05 bits per heavy atom. The Morgan fingerprint density at radius 1 is 1.32 bits per heavy atom. The lowest BCUT2D eigenvalue weighted by atomic mass is 10.1. The third kappa shape index (κ3) is 4.02. The second kappa shape index (κ2) is 6.84. The number of hydrogen-bond donors (Lipinski definition) is 1. The molecule has 1 aliphatic rings. The number of likely N-dealkylation sites (N-methyl/N-ethyl adjacent to an activating group) is 1. The minimum Gasteiger partial charge on any atom is -0.312 e. The van der Waals surface area contributed by atoms with Gasteiger partial charge < -0.3 is 10.2 Å². The second-order valence-corrected chi connectivity index (χ2v) is 7.10. The van der Waals surface area contributed by atoms with Crippen LogP contribution in [0.1, 0.15) is 23.6 Å². The smallest absolute Gasteiger partial charge is 0.0328 e. The van der Waals surface area contributed by atoms with Gasteiger partial charge in [0.2, 0.25) is 0 Å².